The molecule has 0 bridgehead atoms. The summed E-state index contributed by atoms with van der Waals surface area (Å²) in [5.74, 6) is 0.127. The minimum absolute atomic E-state index is 0.0820. The molecule has 11 heavy (non-hydrogen) atoms. The highest BCUT2D eigenvalue weighted by Crippen LogP contribution is 1.95. The molecule has 0 fully saturated rings. The maximum Gasteiger partial charge on any atom is 0.236 e. The molecule has 0 radical (unpaired) electrons. The van der Waals surface area contributed by atoms with Gasteiger partial charge in [-0.15, -0.1) is 5.10 Å². The predicted octanol–water partition coefficient (Wildman–Crippen LogP) is -0.626. The van der Waals surface area contributed by atoms with Gasteiger partial charge in [0.25, 0.3) is 0 Å². The Kier molecular flexibility index (Phi) is 2.37. The van der Waals surface area contributed by atoms with E-state index >= 15 is 0 Å². The van der Waals surface area contributed by atoms with Crippen LogP contribution >= 0.6 is 0 Å². The number of nitrogens with zero attached hydrogens (tertiary/aromatic N) is 2. The van der Waals surface area contributed by atoms with Crippen molar-refractivity contribution in [3.63, 3.8) is 0 Å². The van der Waals surface area contributed by atoms with Crippen LogP contribution in [-0.4, -0.2) is 22.6 Å². The van der Waals surface area contributed by atoms with Crippen molar-refractivity contribution in [1.82, 2.24) is 10.2 Å². The van der Waals surface area contributed by atoms with Gasteiger partial charge in [0, 0.05) is 6.20 Å². The molecule has 0 aromatic carbocycles. The van der Waals surface area contributed by atoms with Crippen LogP contribution in [0.15, 0.2) is 18.3 Å². The van der Waals surface area contributed by atoms with Crippen LogP contribution in [0.3, 0.4) is 0 Å². The van der Waals surface area contributed by atoms with E-state index in [1.165, 1.54) is 0 Å². The summed E-state index contributed by atoms with van der Waals surface area (Å²) in [6.45, 7) is 0.0820. The number of rotatable bonds is 3. The smallest absolute Gasteiger partial charge is 0.236 e. The van der Waals surface area contributed by atoms with E-state index in [0.717, 1.165) is 0 Å². The van der Waals surface area contributed by atoms with Crippen LogP contribution in [0.4, 0.5) is 5.82 Å². The Morgan fingerprint density at radius 2 is 2.55 bits per heavy atom. The van der Waals surface area contributed by atoms with Crippen molar-refractivity contribution in [1.29, 1.82) is 0 Å². The van der Waals surface area contributed by atoms with Gasteiger partial charge in [-0.2, -0.15) is 5.10 Å². The third kappa shape index (κ3) is 2.61. The molecule has 0 atom stereocenters. The molecule has 1 aromatic rings. The van der Waals surface area contributed by atoms with Crippen molar-refractivity contribution in [3.05, 3.63) is 18.3 Å². The largest absolute Gasteiger partial charge is 0.368 e. The van der Waals surface area contributed by atoms with E-state index < -0.39 is 5.91 Å². The van der Waals surface area contributed by atoms with Crippen molar-refractivity contribution < 1.29 is 4.79 Å². The zero-order valence-corrected chi connectivity index (χ0v) is 5.82. The fraction of sp³-hybridized carbons (Fsp3) is 0.167. The molecule has 1 amide bonds. The maximum absolute atomic E-state index is 10.3. The quantitative estimate of drug-likeness (QED) is 0.604. The summed E-state index contributed by atoms with van der Waals surface area (Å²) < 4.78 is 0. The third-order valence-corrected chi connectivity index (χ3v) is 1.02. The van der Waals surface area contributed by atoms with Crippen LogP contribution < -0.4 is 11.1 Å². The van der Waals surface area contributed by atoms with Crippen LogP contribution in [0.1, 0.15) is 0 Å². The summed E-state index contributed by atoms with van der Waals surface area (Å²) in [7, 11) is 0. The molecule has 0 aliphatic carbocycles. The van der Waals surface area contributed by atoms with Gasteiger partial charge < -0.3 is 11.1 Å². The van der Waals surface area contributed by atoms with Gasteiger partial charge in [-0.05, 0) is 12.1 Å². The molecule has 0 saturated heterocycles. The standard InChI is InChI=1S/C6H8N4O/c7-5(11)4-8-6-2-1-3-9-10-6/h1-3H,4H2,(H2,7,11)(H,8,10). The summed E-state index contributed by atoms with van der Waals surface area (Å²) >= 11 is 0. The fourth-order valence-corrected chi connectivity index (χ4v) is 0.573. The summed E-state index contributed by atoms with van der Waals surface area (Å²) in [6, 6.07) is 3.42. The van der Waals surface area contributed by atoms with Crippen LogP contribution in [0, 0.1) is 0 Å². The minimum atomic E-state index is -0.421. The highest BCUT2D eigenvalue weighted by atomic mass is 16.1. The number of nitrogens with one attached hydrogen (secondary N) is 1. The second kappa shape index (κ2) is 3.50. The summed E-state index contributed by atoms with van der Waals surface area (Å²) in [4.78, 5) is 10.3. The normalized spacial score (nSPS) is 9.09. The van der Waals surface area contributed by atoms with E-state index in [2.05, 4.69) is 15.5 Å². The topological polar surface area (TPSA) is 80.9 Å². The molecule has 0 saturated carbocycles. The Morgan fingerprint density at radius 3 is 3.09 bits per heavy atom. The first-order chi connectivity index (χ1) is 5.29. The maximum atomic E-state index is 10.3. The first-order valence-corrected chi connectivity index (χ1v) is 3.09. The molecule has 1 aromatic heterocycles. The van der Waals surface area contributed by atoms with Crippen LogP contribution in [0.5, 0.6) is 0 Å². The summed E-state index contributed by atoms with van der Waals surface area (Å²) in [5, 5.41) is 9.98. The van der Waals surface area contributed by atoms with Crippen molar-refractivity contribution >= 4 is 11.7 Å². The highest BCUT2D eigenvalue weighted by molar-refractivity contribution is 5.78. The molecule has 0 aliphatic heterocycles. The number of carbonyl (C=O) groups is 1. The van der Waals surface area contributed by atoms with Gasteiger partial charge in [0.05, 0.1) is 6.54 Å². The van der Waals surface area contributed by atoms with E-state index in [0.29, 0.717) is 5.82 Å². The summed E-state index contributed by atoms with van der Waals surface area (Å²) in [6.07, 6.45) is 1.55. The average molecular weight is 152 g/mol. The minimum Gasteiger partial charge on any atom is -0.368 e. The van der Waals surface area contributed by atoms with Crippen LogP contribution in [-0.2, 0) is 4.79 Å². The van der Waals surface area contributed by atoms with Gasteiger partial charge in [-0.1, -0.05) is 0 Å². The molecule has 0 unspecified atom stereocenters. The van der Waals surface area contributed by atoms with E-state index in [-0.39, 0.29) is 6.54 Å². The first kappa shape index (κ1) is 7.46. The van der Waals surface area contributed by atoms with Gasteiger partial charge in [-0.25, -0.2) is 0 Å². The van der Waals surface area contributed by atoms with Crippen molar-refractivity contribution in [2.45, 2.75) is 0 Å². The Hall–Kier alpha value is -1.65. The third-order valence-electron chi connectivity index (χ3n) is 1.02. The van der Waals surface area contributed by atoms with Crippen molar-refractivity contribution in [2.24, 2.45) is 5.73 Å². The SMILES string of the molecule is NC(=O)CNc1cccnn1. The number of amides is 1. The van der Waals surface area contributed by atoms with Crippen LogP contribution in [0.25, 0.3) is 0 Å². The molecule has 1 heterocycles. The number of anilines is 1. The van der Waals surface area contributed by atoms with Crippen molar-refractivity contribution in [3.8, 4) is 0 Å². The van der Waals surface area contributed by atoms with E-state index in [1.807, 2.05) is 0 Å². The number of hydrogen-bond donors (Lipinski definition) is 2. The lowest BCUT2D eigenvalue weighted by Crippen LogP contribution is -2.22. The lowest BCUT2D eigenvalue weighted by Gasteiger charge is -1.98. The zero-order chi connectivity index (χ0) is 8.10. The highest BCUT2D eigenvalue weighted by Gasteiger charge is 1.93. The molecule has 1 rings (SSSR count). The lowest BCUT2D eigenvalue weighted by molar-refractivity contribution is -0.116. The Labute approximate surface area is 63.6 Å². The zero-order valence-electron chi connectivity index (χ0n) is 5.82. The number of hydrogen-bond acceptors (Lipinski definition) is 4. The summed E-state index contributed by atoms with van der Waals surface area (Å²) in [5.41, 5.74) is 4.89. The molecular weight excluding hydrogens is 144 g/mol. The fourth-order valence-electron chi connectivity index (χ4n) is 0.573. The Balaban J connectivity index is 2.45. The second-order valence-corrected chi connectivity index (χ2v) is 1.93. The molecule has 5 heteroatoms. The molecule has 0 aliphatic rings. The van der Waals surface area contributed by atoms with Gasteiger partial charge in [0.15, 0.2) is 0 Å². The first-order valence-electron chi connectivity index (χ1n) is 3.09. The lowest BCUT2D eigenvalue weighted by atomic mass is 10.5. The van der Waals surface area contributed by atoms with Crippen LogP contribution in [0.2, 0.25) is 0 Å². The van der Waals surface area contributed by atoms with E-state index in [4.69, 9.17) is 5.73 Å². The van der Waals surface area contributed by atoms with Gasteiger partial charge in [0.1, 0.15) is 5.82 Å². The van der Waals surface area contributed by atoms with Gasteiger partial charge in [-0.3, -0.25) is 4.79 Å². The molecule has 3 N–H and O–H groups in total. The van der Waals surface area contributed by atoms with Gasteiger partial charge in [0.2, 0.25) is 5.91 Å². The Morgan fingerprint density at radius 1 is 1.73 bits per heavy atom. The average Bonchev–Trinajstić information content (AvgIpc) is 2.03. The van der Waals surface area contributed by atoms with E-state index in [9.17, 15) is 4.79 Å². The number of nitrogens with two attached hydrogens (primary N) is 1. The van der Waals surface area contributed by atoms with Gasteiger partial charge >= 0.3 is 0 Å². The number of carbonyl (C=O) groups excluding carboxylic acids is 1. The van der Waals surface area contributed by atoms with E-state index in [1.54, 1.807) is 18.3 Å². The predicted molar refractivity (Wildman–Crippen MR) is 39.7 cm³/mol. The second-order valence-electron chi connectivity index (χ2n) is 1.93. The number of aromatic nitrogens is 2. The molecule has 5 nitrogen and oxygen atoms in total. The molecule has 58 valence electrons. The molecular formula is C6H8N4O. The molecule has 0 spiro atoms. The number of primary amides is 1. The van der Waals surface area contributed by atoms with Crippen molar-refractivity contribution in [2.75, 3.05) is 11.9 Å². The Bertz CT molecular complexity index is 236. The monoisotopic (exact) mass is 152 g/mol.